The van der Waals surface area contributed by atoms with Crippen molar-refractivity contribution < 1.29 is 33.4 Å². The SMILES string of the molecule is CC(C)(C)OC(=O)N1CC2CCC(C1)N2c1ccnc(CCC=O)c1.CC(C)(C)OC(=O)N1CC2CCC(C1)N2c1ccnc(CCCN2CCN(CC(=O)c3ccccc3)CC2)c1.O=C(CN1CCNCC1)c1ccccc1. The van der Waals surface area contributed by atoms with Gasteiger partial charge < -0.3 is 44.1 Å². The standard InChI is InChI=1S/C31H43N5O3.C19H27N3O3.C12H16N2O/c1-31(2,3)39-30(38)35-21-27-11-12-28(22-35)36(27)26-13-14-32-25(20-26)10-7-15-33-16-18-34(19-17-33)23-29(37)24-8-5-4-6-9-24;1-19(2,3)25-18(24)21-12-16-6-7-17(13-21)22(16)15-8-9-20-14(11-15)5-4-10-23;15-12(11-4-2-1-3-5-11)10-14-8-6-13-7-9-14/h4-6,8-9,13-14,20,27-28H,7,10-12,15-19,21-23H2,1-3H3;8-11,16-17H,4-7,12-13H2,1-3H3;1-5,13H,6-10H2. The Bertz CT molecular complexity index is 2590. The number of hydrogen-bond acceptors (Lipinski definition) is 15. The minimum Gasteiger partial charge on any atom is -0.444 e. The van der Waals surface area contributed by atoms with Gasteiger partial charge in [0.1, 0.15) is 17.5 Å². The number of carbonyl (C=O) groups excluding carboxylic acids is 5. The number of amides is 2. The van der Waals surface area contributed by atoms with Gasteiger partial charge in [-0.1, -0.05) is 60.7 Å². The topological polar surface area (TPSA) is 164 Å². The molecule has 0 saturated carbocycles. The molecule has 4 bridgehead atoms. The first kappa shape index (κ1) is 58.9. The molecule has 6 saturated heterocycles. The Labute approximate surface area is 469 Å². The second-order valence-electron chi connectivity index (χ2n) is 23.9. The number of aldehydes is 1. The lowest BCUT2D eigenvalue weighted by atomic mass is 10.1. The zero-order valence-corrected chi connectivity index (χ0v) is 47.8. The number of likely N-dealkylation sites (tertiary alicyclic amines) is 2. The Morgan fingerprint density at radius 1 is 0.557 bits per heavy atom. The molecular weight excluding hydrogens is 997 g/mol. The molecule has 4 atom stereocenters. The number of ether oxygens (including phenoxy) is 2. The number of nitrogens with zero attached hydrogens (tertiary/aromatic N) is 9. The minimum absolute atomic E-state index is 0.196. The van der Waals surface area contributed by atoms with Crippen LogP contribution < -0.4 is 15.1 Å². The molecule has 2 amide bonds. The minimum atomic E-state index is -0.470. The van der Waals surface area contributed by atoms with E-state index in [2.05, 4.69) is 58.0 Å². The molecule has 79 heavy (non-hydrogen) atoms. The molecule has 17 heteroatoms. The molecule has 2 aromatic heterocycles. The van der Waals surface area contributed by atoms with Crippen LogP contribution in [-0.2, 0) is 27.1 Å². The quantitative estimate of drug-likeness (QED) is 0.0910. The van der Waals surface area contributed by atoms with Crippen LogP contribution in [-0.4, -0.2) is 198 Å². The summed E-state index contributed by atoms with van der Waals surface area (Å²) in [5.74, 6) is 0.423. The first-order valence-electron chi connectivity index (χ1n) is 28.9. The first-order chi connectivity index (χ1) is 38.0. The van der Waals surface area contributed by atoms with Gasteiger partial charge in [-0.25, -0.2) is 9.59 Å². The fraction of sp³-hybridized carbons (Fsp3) is 0.565. The van der Waals surface area contributed by atoms with Crippen LogP contribution in [0.15, 0.2) is 97.3 Å². The number of rotatable bonds is 15. The summed E-state index contributed by atoms with van der Waals surface area (Å²) in [6.45, 7) is 24.1. The number of piperazine rings is 4. The first-order valence-corrected chi connectivity index (χ1v) is 28.9. The highest BCUT2D eigenvalue weighted by Gasteiger charge is 2.44. The number of ketones is 2. The monoisotopic (exact) mass is 1080 g/mol. The Balaban J connectivity index is 0.000000174. The van der Waals surface area contributed by atoms with E-state index in [1.54, 1.807) is 0 Å². The van der Waals surface area contributed by atoms with Crippen molar-refractivity contribution in [1.29, 1.82) is 0 Å². The van der Waals surface area contributed by atoms with Crippen molar-refractivity contribution in [2.45, 2.75) is 128 Å². The Morgan fingerprint density at radius 3 is 1.38 bits per heavy atom. The molecule has 0 spiro atoms. The second-order valence-corrected chi connectivity index (χ2v) is 23.9. The largest absolute Gasteiger partial charge is 0.444 e. The predicted octanol–water partition coefficient (Wildman–Crippen LogP) is 7.68. The van der Waals surface area contributed by atoms with Gasteiger partial charge in [0.05, 0.1) is 13.1 Å². The van der Waals surface area contributed by atoms with E-state index < -0.39 is 11.2 Å². The van der Waals surface area contributed by atoms with Crippen molar-refractivity contribution in [3.63, 3.8) is 0 Å². The van der Waals surface area contributed by atoms with Gasteiger partial charge in [-0.2, -0.15) is 0 Å². The van der Waals surface area contributed by atoms with Crippen LogP contribution in [0.4, 0.5) is 21.0 Å². The number of aryl methyl sites for hydroxylation is 2. The molecule has 4 unspecified atom stereocenters. The molecule has 17 nitrogen and oxygen atoms in total. The van der Waals surface area contributed by atoms with E-state index >= 15 is 0 Å². The molecule has 0 aliphatic carbocycles. The molecule has 10 rings (SSSR count). The molecular formula is C62H86N10O7. The van der Waals surface area contributed by atoms with Gasteiger partial charge in [0.25, 0.3) is 0 Å². The smallest absolute Gasteiger partial charge is 0.410 e. The van der Waals surface area contributed by atoms with Crippen LogP contribution >= 0.6 is 0 Å². The van der Waals surface area contributed by atoms with Crippen molar-refractivity contribution in [2.24, 2.45) is 0 Å². The lowest BCUT2D eigenvalue weighted by Crippen LogP contribution is -2.56. The summed E-state index contributed by atoms with van der Waals surface area (Å²) in [5, 5.41) is 3.27. The van der Waals surface area contributed by atoms with Crippen molar-refractivity contribution in [3.8, 4) is 0 Å². The van der Waals surface area contributed by atoms with Gasteiger partial charge in [-0.05, 0) is 117 Å². The average molecular weight is 1080 g/mol. The van der Waals surface area contributed by atoms with Gasteiger partial charge in [0.15, 0.2) is 11.6 Å². The van der Waals surface area contributed by atoms with Gasteiger partial charge in [0, 0.05) is 155 Å². The summed E-state index contributed by atoms with van der Waals surface area (Å²) < 4.78 is 11.2. The third-order valence-electron chi connectivity index (χ3n) is 15.5. The number of benzene rings is 2. The van der Waals surface area contributed by atoms with Crippen LogP contribution in [0.2, 0.25) is 0 Å². The van der Waals surface area contributed by atoms with E-state index in [0.717, 1.165) is 132 Å². The van der Waals surface area contributed by atoms with Crippen LogP contribution in [0.5, 0.6) is 0 Å². The highest BCUT2D eigenvalue weighted by atomic mass is 16.6. The van der Waals surface area contributed by atoms with E-state index in [-0.39, 0.29) is 23.8 Å². The van der Waals surface area contributed by atoms with Crippen molar-refractivity contribution in [1.82, 2.24) is 39.8 Å². The number of pyridine rings is 2. The van der Waals surface area contributed by atoms with E-state index in [1.807, 2.05) is 130 Å². The van der Waals surface area contributed by atoms with Crippen LogP contribution in [0.3, 0.4) is 0 Å². The zero-order chi connectivity index (χ0) is 55.9. The van der Waals surface area contributed by atoms with Gasteiger partial charge in [-0.15, -0.1) is 0 Å². The maximum Gasteiger partial charge on any atom is 0.410 e. The number of anilines is 2. The summed E-state index contributed by atoms with van der Waals surface area (Å²) in [7, 11) is 0. The van der Waals surface area contributed by atoms with Crippen LogP contribution in [0.1, 0.15) is 112 Å². The Morgan fingerprint density at radius 2 is 0.962 bits per heavy atom. The third kappa shape index (κ3) is 17.4. The number of hydrogen-bond donors (Lipinski definition) is 1. The number of fused-ring (bicyclic) bond motifs is 4. The molecule has 6 aliphatic rings. The maximum absolute atomic E-state index is 12.7. The summed E-state index contributed by atoms with van der Waals surface area (Å²) in [5.41, 5.74) is 5.13. The Hall–Kier alpha value is -6.27. The van der Waals surface area contributed by atoms with Gasteiger partial charge in [0.2, 0.25) is 0 Å². The maximum atomic E-state index is 12.7. The van der Waals surface area contributed by atoms with Crippen molar-refractivity contribution in [2.75, 3.05) is 108 Å². The summed E-state index contributed by atoms with van der Waals surface area (Å²) in [6, 6.07) is 28.9. The van der Waals surface area contributed by atoms with E-state index in [1.165, 1.54) is 5.69 Å². The van der Waals surface area contributed by atoms with Gasteiger partial charge >= 0.3 is 12.2 Å². The van der Waals surface area contributed by atoms with E-state index in [9.17, 15) is 24.0 Å². The fourth-order valence-electron chi connectivity index (χ4n) is 11.7. The highest BCUT2D eigenvalue weighted by Crippen LogP contribution is 2.37. The van der Waals surface area contributed by atoms with Crippen molar-refractivity contribution >= 4 is 41.4 Å². The number of carbonyl (C=O) groups is 5. The predicted molar refractivity (Wildman–Crippen MR) is 309 cm³/mol. The van der Waals surface area contributed by atoms with Gasteiger partial charge in [-0.3, -0.25) is 29.4 Å². The molecule has 8 heterocycles. The number of aromatic nitrogens is 2. The summed E-state index contributed by atoms with van der Waals surface area (Å²) in [6.07, 6.45) is 11.8. The molecule has 1 N–H and O–H groups in total. The van der Waals surface area contributed by atoms with E-state index in [0.29, 0.717) is 76.3 Å². The zero-order valence-electron chi connectivity index (χ0n) is 47.8. The molecule has 6 aliphatic heterocycles. The fourth-order valence-corrected chi connectivity index (χ4v) is 11.7. The molecule has 426 valence electrons. The van der Waals surface area contributed by atoms with E-state index in [4.69, 9.17) is 9.47 Å². The van der Waals surface area contributed by atoms with Crippen LogP contribution in [0, 0.1) is 0 Å². The molecule has 6 fully saturated rings. The average Bonchev–Trinajstić information content (AvgIpc) is 3.96. The van der Waals surface area contributed by atoms with Crippen molar-refractivity contribution in [3.05, 3.63) is 120 Å². The molecule has 4 aromatic rings. The number of nitrogens with one attached hydrogen (secondary N) is 1. The second kappa shape index (κ2) is 27.7. The third-order valence-corrected chi connectivity index (χ3v) is 15.5. The molecule has 0 radical (unpaired) electrons. The lowest BCUT2D eigenvalue weighted by Gasteiger charge is -2.42. The molecule has 2 aromatic carbocycles. The summed E-state index contributed by atoms with van der Waals surface area (Å²) >= 11 is 0. The summed E-state index contributed by atoms with van der Waals surface area (Å²) in [4.78, 5) is 84.7. The Kier molecular flexibility index (Phi) is 20.7. The highest BCUT2D eigenvalue weighted by molar-refractivity contribution is 5.98. The number of Topliss-reactive ketones (excluding diaryl/α,β-unsaturated/α-hetero) is 2. The lowest BCUT2D eigenvalue weighted by molar-refractivity contribution is -0.107. The normalized spacial score (nSPS) is 21.5. The van der Waals surface area contributed by atoms with Crippen LogP contribution in [0.25, 0.3) is 0 Å².